The molecule has 0 atom stereocenters. The summed E-state index contributed by atoms with van der Waals surface area (Å²) >= 11 is 0. The van der Waals surface area contributed by atoms with Crippen LogP contribution in [0.4, 0.5) is 0 Å². The molecule has 96 valence electrons. The fourth-order valence-electron chi connectivity index (χ4n) is 1.78. The Morgan fingerprint density at radius 1 is 1.44 bits per heavy atom. The van der Waals surface area contributed by atoms with E-state index < -0.39 is 0 Å². The first-order valence-corrected chi connectivity index (χ1v) is 6.03. The van der Waals surface area contributed by atoms with Gasteiger partial charge in [0.25, 0.3) is 0 Å². The third-order valence-corrected chi connectivity index (χ3v) is 2.69. The molecule has 2 aromatic rings. The van der Waals surface area contributed by atoms with Gasteiger partial charge in [-0.1, -0.05) is 6.92 Å². The molecule has 0 fully saturated rings. The van der Waals surface area contributed by atoms with Gasteiger partial charge in [0.2, 0.25) is 5.88 Å². The van der Waals surface area contributed by atoms with Gasteiger partial charge in [0.15, 0.2) is 0 Å². The summed E-state index contributed by atoms with van der Waals surface area (Å²) < 4.78 is 7.62. The van der Waals surface area contributed by atoms with Crippen molar-refractivity contribution in [1.29, 1.82) is 0 Å². The summed E-state index contributed by atoms with van der Waals surface area (Å²) in [6.07, 6.45) is 3.42. The third-order valence-electron chi connectivity index (χ3n) is 2.69. The number of pyridine rings is 1. The highest BCUT2D eigenvalue weighted by molar-refractivity contribution is 5.34. The molecule has 0 aliphatic heterocycles. The quantitative estimate of drug-likeness (QED) is 0.877. The summed E-state index contributed by atoms with van der Waals surface area (Å²) in [6.45, 7) is 5.74. The Bertz CT molecular complexity index is 507. The molecule has 2 aromatic heterocycles. The molecule has 0 unspecified atom stereocenters. The molecule has 0 spiro atoms. The second-order valence-corrected chi connectivity index (χ2v) is 4.06. The lowest BCUT2D eigenvalue weighted by atomic mass is 10.2. The van der Waals surface area contributed by atoms with E-state index in [4.69, 9.17) is 4.74 Å². The van der Waals surface area contributed by atoms with E-state index >= 15 is 0 Å². The van der Waals surface area contributed by atoms with Crippen molar-refractivity contribution >= 4 is 0 Å². The molecule has 0 aromatic carbocycles. The highest BCUT2D eigenvalue weighted by Crippen LogP contribution is 2.26. The average Bonchev–Trinajstić information content (AvgIpc) is 2.63. The van der Waals surface area contributed by atoms with Gasteiger partial charge >= 0.3 is 0 Å². The molecule has 5 heteroatoms. The molecule has 0 bridgehead atoms. The van der Waals surface area contributed by atoms with Gasteiger partial charge in [0.1, 0.15) is 5.75 Å². The van der Waals surface area contributed by atoms with Gasteiger partial charge in [-0.15, -0.1) is 0 Å². The minimum absolute atomic E-state index is 0.721. The summed E-state index contributed by atoms with van der Waals surface area (Å²) in [4.78, 5) is 4.04. The Labute approximate surface area is 107 Å². The van der Waals surface area contributed by atoms with Gasteiger partial charge < -0.3 is 10.1 Å². The molecule has 1 N–H and O–H groups in total. The zero-order chi connectivity index (χ0) is 13.0. The summed E-state index contributed by atoms with van der Waals surface area (Å²) in [6, 6.07) is 3.73. The van der Waals surface area contributed by atoms with Crippen molar-refractivity contribution in [2.24, 2.45) is 7.05 Å². The minimum Gasteiger partial charge on any atom is -0.437 e. The van der Waals surface area contributed by atoms with E-state index in [1.54, 1.807) is 17.1 Å². The fourth-order valence-corrected chi connectivity index (χ4v) is 1.78. The maximum atomic E-state index is 5.86. The average molecular weight is 246 g/mol. The number of ether oxygens (including phenoxy) is 1. The highest BCUT2D eigenvalue weighted by atomic mass is 16.5. The monoisotopic (exact) mass is 246 g/mol. The van der Waals surface area contributed by atoms with Crippen molar-refractivity contribution < 1.29 is 4.74 Å². The van der Waals surface area contributed by atoms with Crippen molar-refractivity contribution in [3.63, 3.8) is 0 Å². The second-order valence-electron chi connectivity index (χ2n) is 4.06. The molecule has 2 rings (SSSR count). The molecule has 2 heterocycles. The molecule has 0 aliphatic carbocycles. The van der Waals surface area contributed by atoms with Crippen molar-refractivity contribution in [3.05, 3.63) is 35.8 Å². The molecule has 0 saturated carbocycles. The molecular weight excluding hydrogens is 228 g/mol. The molecule has 5 nitrogen and oxygen atoms in total. The molecular formula is C13H18N4O. The standard InChI is InChI=1S/C13H18N4O/c1-4-14-9-12-10(2)16-17(3)13(12)18-11-6-5-7-15-8-11/h5-8,14H,4,9H2,1-3H3. The van der Waals surface area contributed by atoms with Crippen LogP contribution in [0.3, 0.4) is 0 Å². The van der Waals surface area contributed by atoms with Gasteiger partial charge in [-0.05, 0) is 25.6 Å². The number of nitrogens with zero attached hydrogens (tertiary/aromatic N) is 3. The fraction of sp³-hybridized carbons (Fsp3) is 0.385. The SMILES string of the molecule is CCNCc1c(C)nn(C)c1Oc1cccnc1. The summed E-state index contributed by atoms with van der Waals surface area (Å²) in [5.74, 6) is 1.49. The van der Waals surface area contributed by atoms with Crippen molar-refractivity contribution in [3.8, 4) is 11.6 Å². The lowest BCUT2D eigenvalue weighted by Crippen LogP contribution is -2.12. The normalized spacial score (nSPS) is 10.6. The van der Waals surface area contributed by atoms with E-state index in [1.807, 2.05) is 26.1 Å². The van der Waals surface area contributed by atoms with Gasteiger partial charge in [0, 0.05) is 19.8 Å². The minimum atomic E-state index is 0.721. The van der Waals surface area contributed by atoms with Crippen LogP contribution in [0.15, 0.2) is 24.5 Å². The maximum absolute atomic E-state index is 5.86. The van der Waals surface area contributed by atoms with Crippen LogP contribution in [0, 0.1) is 6.92 Å². The van der Waals surface area contributed by atoms with Crippen LogP contribution >= 0.6 is 0 Å². The van der Waals surface area contributed by atoms with Crippen LogP contribution in [0.1, 0.15) is 18.2 Å². The van der Waals surface area contributed by atoms with Gasteiger partial charge in [-0.2, -0.15) is 5.10 Å². The van der Waals surface area contributed by atoms with Crippen LogP contribution in [-0.2, 0) is 13.6 Å². The molecule has 0 saturated heterocycles. The van der Waals surface area contributed by atoms with Crippen LogP contribution in [0.2, 0.25) is 0 Å². The van der Waals surface area contributed by atoms with E-state index in [1.165, 1.54) is 0 Å². The largest absolute Gasteiger partial charge is 0.437 e. The Balaban J connectivity index is 2.26. The second kappa shape index (κ2) is 5.64. The number of aromatic nitrogens is 3. The smallest absolute Gasteiger partial charge is 0.222 e. The molecule has 18 heavy (non-hydrogen) atoms. The van der Waals surface area contributed by atoms with Crippen molar-refractivity contribution in [2.45, 2.75) is 20.4 Å². The molecule has 0 amide bonds. The number of nitrogens with one attached hydrogen (secondary N) is 1. The van der Waals surface area contributed by atoms with E-state index in [9.17, 15) is 0 Å². The topological polar surface area (TPSA) is 52.0 Å². The number of hydrogen-bond acceptors (Lipinski definition) is 4. The third kappa shape index (κ3) is 2.68. The van der Waals surface area contributed by atoms with E-state index in [0.29, 0.717) is 0 Å². The Hall–Kier alpha value is -1.88. The highest BCUT2D eigenvalue weighted by Gasteiger charge is 2.14. The van der Waals surface area contributed by atoms with Crippen molar-refractivity contribution in [1.82, 2.24) is 20.1 Å². The zero-order valence-corrected chi connectivity index (χ0v) is 11.0. The summed E-state index contributed by atoms with van der Waals surface area (Å²) in [7, 11) is 1.88. The lowest BCUT2D eigenvalue weighted by Gasteiger charge is -2.08. The Kier molecular flexibility index (Phi) is 3.94. The van der Waals surface area contributed by atoms with Gasteiger partial charge in [-0.3, -0.25) is 4.98 Å². The first-order chi connectivity index (χ1) is 8.72. The van der Waals surface area contributed by atoms with Crippen LogP contribution in [0.25, 0.3) is 0 Å². The summed E-state index contributed by atoms with van der Waals surface area (Å²) in [5, 5.41) is 7.69. The van der Waals surface area contributed by atoms with Gasteiger partial charge in [0.05, 0.1) is 17.5 Å². The van der Waals surface area contributed by atoms with Crippen molar-refractivity contribution in [2.75, 3.05) is 6.54 Å². The predicted octanol–water partition coefficient (Wildman–Crippen LogP) is 2.03. The zero-order valence-electron chi connectivity index (χ0n) is 11.0. The molecule has 0 radical (unpaired) electrons. The first-order valence-electron chi connectivity index (χ1n) is 6.03. The Morgan fingerprint density at radius 2 is 2.28 bits per heavy atom. The maximum Gasteiger partial charge on any atom is 0.222 e. The lowest BCUT2D eigenvalue weighted by molar-refractivity contribution is 0.422. The van der Waals surface area contributed by atoms with E-state index in [2.05, 4.69) is 22.3 Å². The summed E-state index contributed by atoms with van der Waals surface area (Å²) in [5.41, 5.74) is 2.07. The molecule has 0 aliphatic rings. The first kappa shape index (κ1) is 12.6. The van der Waals surface area contributed by atoms with E-state index in [0.717, 1.165) is 36.0 Å². The van der Waals surface area contributed by atoms with E-state index in [-0.39, 0.29) is 0 Å². The van der Waals surface area contributed by atoms with Crippen LogP contribution in [0.5, 0.6) is 11.6 Å². The Morgan fingerprint density at radius 3 is 2.94 bits per heavy atom. The number of aryl methyl sites for hydroxylation is 2. The predicted molar refractivity (Wildman–Crippen MR) is 69.6 cm³/mol. The number of rotatable bonds is 5. The number of hydrogen-bond donors (Lipinski definition) is 1. The van der Waals surface area contributed by atoms with Gasteiger partial charge in [-0.25, -0.2) is 4.68 Å². The van der Waals surface area contributed by atoms with Crippen LogP contribution in [-0.4, -0.2) is 21.3 Å². The van der Waals surface area contributed by atoms with Crippen LogP contribution < -0.4 is 10.1 Å².